The van der Waals surface area contributed by atoms with Gasteiger partial charge in [0.15, 0.2) is 0 Å². The van der Waals surface area contributed by atoms with Crippen LogP contribution >= 0.6 is 15.9 Å². The molecule has 4 nitrogen and oxygen atoms in total. The zero-order chi connectivity index (χ0) is 11.4. The molecule has 0 saturated carbocycles. The van der Waals surface area contributed by atoms with E-state index in [1.165, 1.54) is 0 Å². The topological polar surface area (TPSA) is 81.1 Å². The highest BCUT2D eigenvalue weighted by Crippen LogP contribution is 2.24. The minimum absolute atomic E-state index is 0.181. The second-order valence-corrected chi connectivity index (χ2v) is 4.19. The van der Waals surface area contributed by atoms with E-state index in [1.807, 2.05) is 6.92 Å². The smallest absolute Gasteiger partial charge is 0.248 e. The minimum Gasteiger partial charge on any atom is -0.380 e. The number of carbonyl (C=O) groups is 1. The van der Waals surface area contributed by atoms with E-state index in [-0.39, 0.29) is 6.04 Å². The molecule has 0 aliphatic carbocycles. The summed E-state index contributed by atoms with van der Waals surface area (Å²) in [6.45, 7) is 2.53. The molecule has 15 heavy (non-hydrogen) atoms. The van der Waals surface area contributed by atoms with Crippen molar-refractivity contribution in [2.75, 3.05) is 11.9 Å². The number of nitrogens with two attached hydrogens (primary N) is 2. The number of carbonyl (C=O) groups excluding carboxylic acids is 1. The Morgan fingerprint density at radius 3 is 2.73 bits per heavy atom. The van der Waals surface area contributed by atoms with Gasteiger partial charge in [-0.3, -0.25) is 4.79 Å². The largest absolute Gasteiger partial charge is 0.380 e. The molecule has 0 aromatic heterocycles. The SMILES string of the molecule is CC(CN)Nc1ccc(C(N)=O)cc1Br. The summed E-state index contributed by atoms with van der Waals surface area (Å²) in [5, 5.41) is 3.20. The van der Waals surface area contributed by atoms with Crippen LogP contribution in [0.4, 0.5) is 5.69 Å². The van der Waals surface area contributed by atoms with E-state index in [4.69, 9.17) is 11.5 Å². The van der Waals surface area contributed by atoms with E-state index in [0.717, 1.165) is 10.2 Å². The lowest BCUT2D eigenvalue weighted by molar-refractivity contribution is 0.100. The number of hydrogen-bond acceptors (Lipinski definition) is 3. The molecular weight excluding hydrogens is 258 g/mol. The Hall–Kier alpha value is -1.07. The Labute approximate surface area is 97.1 Å². The summed E-state index contributed by atoms with van der Waals surface area (Å²) in [5.74, 6) is -0.436. The van der Waals surface area contributed by atoms with Gasteiger partial charge < -0.3 is 16.8 Å². The van der Waals surface area contributed by atoms with Crippen molar-refractivity contribution in [3.05, 3.63) is 28.2 Å². The summed E-state index contributed by atoms with van der Waals surface area (Å²) in [7, 11) is 0. The molecule has 0 spiro atoms. The first kappa shape index (κ1) is 12.0. The number of hydrogen-bond donors (Lipinski definition) is 3. The first-order valence-corrected chi connectivity index (χ1v) is 5.40. The van der Waals surface area contributed by atoms with Gasteiger partial charge in [-0.05, 0) is 41.1 Å². The van der Waals surface area contributed by atoms with Crippen molar-refractivity contribution >= 4 is 27.5 Å². The van der Waals surface area contributed by atoms with E-state index in [1.54, 1.807) is 18.2 Å². The zero-order valence-electron chi connectivity index (χ0n) is 8.46. The Balaban J connectivity index is 2.88. The number of anilines is 1. The second-order valence-electron chi connectivity index (χ2n) is 3.34. The van der Waals surface area contributed by atoms with Crippen LogP contribution in [-0.2, 0) is 0 Å². The average molecular weight is 272 g/mol. The van der Waals surface area contributed by atoms with Crippen LogP contribution in [0, 0.1) is 0 Å². The molecule has 5 N–H and O–H groups in total. The van der Waals surface area contributed by atoms with Crippen molar-refractivity contribution in [1.82, 2.24) is 0 Å². The highest BCUT2D eigenvalue weighted by atomic mass is 79.9. The number of rotatable bonds is 4. The Morgan fingerprint density at radius 1 is 1.60 bits per heavy atom. The van der Waals surface area contributed by atoms with E-state index in [9.17, 15) is 4.79 Å². The monoisotopic (exact) mass is 271 g/mol. The Morgan fingerprint density at radius 2 is 2.27 bits per heavy atom. The molecule has 0 bridgehead atoms. The summed E-state index contributed by atoms with van der Waals surface area (Å²) in [6.07, 6.45) is 0. The van der Waals surface area contributed by atoms with Gasteiger partial charge in [-0.2, -0.15) is 0 Å². The standard InChI is InChI=1S/C10H14BrN3O/c1-6(5-12)14-9-3-2-7(10(13)15)4-8(9)11/h2-4,6,14H,5,12H2,1H3,(H2,13,15). The highest BCUT2D eigenvalue weighted by Gasteiger charge is 2.06. The summed E-state index contributed by atoms with van der Waals surface area (Å²) in [6, 6.07) is 5.35. The fourth-order valence-corrected chi connectivity index (χ4v) is 1.60. The fraction of sp³-hybridized carbons (Fsp3) is 0.300. The van der Waals surface area contributed by atoms with E-state index >= 15 is 0 Å². The van der Waals surface area contributed by atoms with Crippen LogP contribution in [0.15, 0.2) is 22.7 Å². The lowest BCUT2D eigenvalue weighted by atomic mass is 10.2. The molecule has 1 unspecified atom stereocenters. The Bertz CT molecular complexity index is 368. The van der Waals surface area contributed by atoms with Gasteiger partial charge in [0.25, 0.3) is 0 Å². The molecule has 0 aliphatic heterocycles. The Kier molecular flexibility index (Phi) is 4.11. The quantitative estimate of drug-likeness (QED) is 0.772. The molecule has 82 valence electrons. The molecule has 1 rings (SSSR count). The van der Waals surface area contributed by atoms with Crippen LogP contribution in [0.5, 0.6) is 0 Å². The van der Waals surface area contributed by atoms with Crippen molar-refractivity contribution < 1.29 is 4.79 Å². The number of benzene rings is 1. The molecule has 0 radical (unpaired) electrons. The molecule has 1 aromatic carbocycles. The van der Waals surface area contributed by atoms with Crippen molar-refractivity contribution in [2.24, 2.45) is 11.5 Å². The van der Waals surface area contributed by atoms with Gasteiger partial charge in [0.05, 0.1) is 0 Å². The molecule has 1 atom stereocenters. The number of halogens is 1. The van der Waals surface area contributed by atoms with Gasteiger partial charge in [0, 0.05) is 28.3 Å². The molecule has 5 heteroatoms. The molecule has 0 fully saturated rings. The van der Waals surface area contributed by atoms with Gasteiger partial charge in [-0.25, -0.2) is 0 Å². The van der Waals surface area contributed by atoms with E-state index < -0.39 is 5.91 Å². The molecule has 1 amide bonds. The number of amides is 1. The third-order valence-electron chi connectivity index (χ3n) is 2.01. The summed E-state index contributed by atoms with van der Waals surface area (Å²) < 4.78 is 0.805. The van der Waals surface area contributed by atoms with Crippen molar-refractivity contribution in [3.63, 3.8) is 0 Å². The lowest BCUT2D eigenvalue weighted by Gasteiger charge is -2.14. The fourth-order valence-electron chi connectivity index (χ4n) is 1.11. The van der Waals surface area contributed by atoms with E-state index in [2.05, 4.69) is 21.2 Å². The van der Waals surface area contributed by atoms with Gasteiger partial charge in [0.1, 0.15) is 0 Å². The van der Waals surface area contributed by atoms with Crippen LogP contribution in [0.1, 0.15) is 17.3 Å². The highest BCUT2D eigenvalue weighted by molar-refractivity contribution is 9.10. The maximum absolute atomic E-state index is 10.9. The summed E-state index contributed by atoms with van der Waals surface area (Å²) >= 11 is 3.36. The van der Waals surface area contributed by atoms with Gasteiger partial charge in [-0.15, -0.1) is 0 Å². The third kappa shape index (κ3) is 3.21. The predicted octanol–water partition coefficient (Wildman–Crippen LogP) is 1.31. The van der Waals surface area contributed by atoms with Crippen LogP contribution in [-0.4, -0.2) is 18.5 Å². The van der Waals surface area contributed by atoms with Gasteiger partial charge in [-0.1, -0.05) is 0 Å². The number of nitrogens with one attached hydrogen (secondary N) is 1. The molecule has 0 heterocycles. The van der Waals surface area contributed by atoms with Crippen LogP contribution in [0.3, 0.4) is 0 Å². The first-order chi connectivity index (χ1) is 7.04. The summed E-state index contributed by atoms with van der Waals surface area (Å²) in [5.41, 5.74) is 12.0. The van der Waals surface area contributed by atoms with Crippen LogP contribution < -0.4 is 16.8 Å². The normalized spacial score (nSPS) is 12.2. The molecular formula is C10H14BrN3O. The van der Waals surface area contributed by atoms with Crippen LogP contribution in [0.25, 0.3) is 0 Å². The predicted molar refractivity (Wildman–Crippen MR) is 64.8 cm³/mol. The molecule has 0 saturated heterocycles. The van der Waals surface area contributed by atoms with Gasteiger partial charge in [0.2, 0.25) is 5.91 Å². The average Bonchev–Trinajstić information content (AvgIpc) is 2.20. The lowest BCUT2D eigenvalue weighted by Crippen LogP contribution is -2.25. The first-order valence-electron chi connectivity index (χ1n) is 4.60. The van der Waals surface area contributed by atoms with Crippen LogP contribution in [0.2, 0.25) is 0 Å². The summed E-state index contributed by atoms with van der Waals surface area (Å²) in [4.78, 5) is 10.9. The van der Waals surface area contributed by atoms with Crippen molar-refractivity contribution in [1.29, 1.82) is 0 Å². The molecule has 0 aliphatic rings. The maximum Gasteiger partial charge on any atom is 0.248 e. The maximum atomic E-state index is 10.9. The van der Waals surface area contributed by atoms with Crippen molar-refractivity contribution in [3.8, 4) is 0 Å². The number of primary amides is 1. The second kappa shape index (κ2) is 5.14. The molecule has 1 aromatic rings. The minimum atomic E-state index is -0.436. The van der Waals surface area contributed by atoms with Gasteiger partial charge >= 0.3 is 0 Å². The van der Waals surface area contributed by atoms with E-state index in [0.29, 0.717) is 12.1 Å². The van der Waals surface area contributed by atoms with Crippen molar-refractivity contribution in [2.45, 2.75) is 13.0 Å². The zero-order valence-corrected chi connectivity index (χ0v) is 10.0. The third-order valence-corrected chi connectivity index (χ3v) is 2.67.